The zero-order chi connectivity index (χ0) is 10.6. The molecule has 2 unspecified atom stereocenters. The van der Waals surface area contributed by atoms with Crippen molar-refractivity contribution in [3.8, 4) is 0 Å². The van der Waals surface area contributed by atoms with E-state index in [4.69, 9.17) is 9.47 Å². The Morgan fingerprint density at radius 3 is 3.00 bits per heavy atom. The Balaban J connectivity index is 2.63. The molecule has 1 heterocycles. The molecule has 1 fully saturated rings. The van der Waals surface area contributed by atoms with E-state index in [0.717, 1.165) is 13.0 Å². The van der Waals surface area contributed by atoms with Crippen LogP contribution in [0.4, 0.5) is 0 Å². The normalized spacial score (nSPS) is 25.8. The number of hydrogen-bond acceptors (Lipinski definition) is 4. The number of hydrogen-bond donors (Lipinski definition) is 0. The van der Waals surface area contributed by atoms with Gasteiger partial charge in [-0.25, -0.2) is 0 Å². The van der Waals surface area contributed by atoms with Gasteiger partial charge in [0.15, 0.2) is 0 Å². The highest BCUT2D eigenvalue weighted by Crippen LogP contribution is 2.14. The Bertz CT molecular complexity index is 196. The van der Waals surface area contributed by atoms with E-state index >= 15 is 0 Å². The Hall–Kier alpha value is -0.610. The van der Waals surface area contributed by atoms with Crippen LogP contribution in [0.5, 0.6) is 0 Å². The molecule has 0 saturated carbocycles. The second kappa shape index (κ2) is 5.32. The van der Waals surface area contributed by atoms with Crippen molar-refractivity contribution >= 4 is 5.97 Å². The highest BCUT2D eigenvalue weighted by Gasteiger charge is 2.32. The summed E-state index contributed by atoms with van der Waals surface area (Å²) < 4.78 is 10.0. The molecular formula is C10H19NO3. The number of rotatable bonds is 3. The lowest BCUT2D eigenvalue weighted by molar-refractivity contribution is -0.155. The summed E-state index contributed by atoms with van der Waals surface area (Å²) in [6.07, 6.45) is 1.04. The molecule has 0 radical (unpaired) electrons. The number of esters is 1. The quantitative estimate of drug-likeness (QED) is 0.629. The fourth-order valence-corrected chi connectivity index (χ4v) is 1.72. The van der Waals surface area contributed by atoms with Crippen molar-refractivity contribution in [3.63, 3.8) is 0 Å². The van der Waals surface area contributed by atoms with E-state index in [2.05, 4.69) is 18.7 Å². The molecule has 14 heavy (non-hydrogen) atoms. The van der Waals surface area contributed by atoms with Crippen LogP contribution in [0.25, 0.3) is 0 Å². The zero-order valence-corrected chi connectivity index (χ0v) is 9.16. The van der Waals surface area contributed by atoms with Crippen LogP contribution >= 0.6 is 0 Å². The van der Waals surface area contributed by atoms with Gasteiger partial charge in [-0.3, -0.25) is 9.69 Å². The van der Waals surface area contributed by atoms with E-state index in [1.165, 1.54) is 7.11 Å². The van der Waals surface area contributed by atoms with Gasteiger partial charge in [-0.1, -0.05) is 6.92 Å². The predicted octanol–water partition coefficient (Wildman–Crippen LogP) is 0.659. The fraction of sp³-hybridized carbons (Fsp3) is 0.900. The highest BCUT2D eigenvalue weighted by atomic mass is 16.5. The minimum Gasteiger partial charge on any atom is -0.468 e. The molecule has 0 amide bonds. The molecule has 1 saturated heterocycles. The Labute approximate surface area is 85.2 Å². The van der Waals surface area contributed by atoms with Gasteiger partial charge in [0, 0.05) is 12.6 Å². The fourth-order valence-electron chi connectivity index (χ4n) is 1.72. The Morgan fingerprint density at radius 2 is 2.43 bits per heavy atom. The number of nitrogens with zero attached hydrogens (tertiary/aromatic N) is 1. The molecule has 1 aliphatic rings. The first-order chi connectivity index (χ1) is 6.70. The summed E-state index contributed by atoms with van der Waals surface area (Å²) in [6, 6.07) is 0.187. The van der Waals surface area contributed by atoms with Crippen molar-refractivity contribution < 1.29 is 14.3 Å². The van der Waals surface area contributed by atoms with Gasteiger partial charge in [-0.2, -0.15) is 0 Å². The second-order valence-corrected chi connectivity index (χ2v) is 3.61. The number of ether oxygens (including phenoxy) is 2. The first-order valence-electron chi connectivity index (χ1n) is 5.12. The van der Waals surface area contributed by atoms with Gasteiger partial charge < -0.3 is 9.47 Å². The number of methoxy groups -OCH3 is 1. The molecule has 4 heteroatoms. The van der Waals surface area contributed by atoms with Crippen LogP contribution < -0.4 is 0 Å². The molecule has 2 atom stereocenters. The highest BCUT2D eigenvalue weighted by molar-refractivity contribution is 5.76. The van der Waals surface area contributed by atoms with Gasteiger partial charge in [0.2, 0.25) is 0 Å². The average Bonchev–Trinajstić information content (AvgIpc) is 2.27. The largest absolute Gasteiger partial charge is 0.468 e. The molecule has 0 aromatic carbocycles. The molecule has 0 bridgehead atoms. The van der Waals surface area contributed by atoms with E-state index in [9.17, 15) is 4.79 Å². The third-order valence-corrected chi connectivity index (χ3v) is 2.80. The monoisotopic (exact) mass is 201 g/mol. The summed E-state index contributed by atoms with van der Waals surface area (Å²) in [7, 11) is 1.42. The van der Waals surface area contributed by atoms with Gasteiger partial charge in [0.1, 0.15) is 6.04 Å². The maximum Gasteiger partial charge on any atom is 0.325 e. The van der Waals surface area contributed by atoms with Gasteiger partial charge in [0.05, 0.1) is 20.3 Å². The number of morpholine rings is 1. The summed E-state index contributed by atoms with van der Waals surface area (Å²) in [5.74, 6) is -0.190. The molecule has 1 aliphatic heterocycles. The lowest BCUT2D eigenvalue weighted by atomic mass is 10.1. The Kier molecular flexibility index (Phi) is 4.35. The van der Waals surface area contributed by atoms with Crippen LogP contribution in [0.2, 0.25) is 0 Å². The molecule has 4 nitrogen and oxygen atoms in total. The van der Waals surface area contributed by atoms with Crippen molar-refractivity contribution in [1.82, 2.24) is 4.90 Å². The summed E-state index contributed by atoms with van der Waals surface area (Å²) in [5.41, 5.74) is 0. The van der Waals surface area contributed by atoms with Gasteiger partial charge in [-0.05, 0) is 13.3 Å². The number of carbonyl (C=O) groups excluding carboxylic acids is 1. The minimum absolute atomic E-state index is 0.190. The Morgan fingerprint density at radius 1 is 1.71 bits per heavy atom. The van der Waals surface area contributed by atoms with Crippen LogP contribution in [0.3, 0.4) is 0 Å². The predicted molar refractivity (Wildman–Crippen MR) is 53.1 cm³/mol. The smallest absolute Gasteiger partial charge is 0.325 e. The van der Waals surface area contributed by atoms with Crippen LogP contribution in [-0.2, 0) is 14.3 Å². The standard InChI is InChI=1S/C10H19NO3/c1-4-8(2)11-5-6-14-7-9(11)10(12)13-3/h8-9H,4-7H2,1-3H3. The maximum absolute atomic E-state index is 11.5. The minimum atomic E-state index is -0.219. The summed E-state index contributed by atoms with van der Waals surface area (Å²) in [6.45, 7) is 6.22. The lowest BCUT2D eigenvalue weighted by Crippen LogP contribution is -2.53. The van der Waals surface area contributed by atoms with E-state index < -0.39 is 0 Å². The maximum atomic E-state index is 11.5. The zero-order valence-electron chi connectivity index (χ0n) is 9.16. The van der Waals surface area contributed by atoms with E-state index in [-0.39, 0.29) is 12.0 Å². The number of carbonyl (C=O) groups is 1. The van der Waals surface area contributed by atoms with Gasteiger partial charge in [0.25, 0.3) is 0 Å². The third kappa shape index (κ3) is 2.45. The van der Waals surface area contributed by atoms with E-state index in [0.29, 0.717) is 19.3 Å². The van der Waals surface area contributed by atoms with Crippen molar-refractivity contribution in [2.24, 2.45) is 0 Å². The van der Waals surface area contributed by atoms with Gasteiger partial charge in [-0.15, -0.1) is 0 Å². The molecule has 0 N–H and O–H groups in total. The average molecular weight is 201 g/mol. The molecule has 0 aliphatic carbocycles. The first-order valence-corrected chi connectivity index (χ1v) is 5.12. The van der Waals surface area contributed by atoms with Crippen LogP contribution in [0.1, 0.15) is 20.3 Å². The molecule has 0 spiro atoms. The van der Waals surface area contributed by atoms with Crippen LogP contribution in [-0.4, -0.2) is 49.8 Å². The van der Waals surface area contributed by atoms with Crippen LogP contribution in [0, 0.1) is 0 Å². The topological polar surface area (TPSA) is 38.8 Å². The molecule has 0 aromatic rings. The molecular weight excluding hydrogens is 182 g/mol. The molecule has 0 aromatic heterocycles. The van der Waals surface area contributed by atoms with Crippen molar-refractivity contribution in [3.05, 3.63) is 0 Å². The van der Waals surface area contributed by atoms with Crippen molar-refractivity contribution in [2.75, 3.05) is 26.9 Å². The SMILES string of the molecule is CCC(C)N1CCOCC1C(=O)OC. The van der Waals surface area contributed by atoms with Gasteiger partial charge >= 0.3 is 5.97 Å². The van der Waals surface area contributed by atoms with E-state index in [1.807, 2.05) is 0 Å². The molecule has 1 rings (SSSR count). The summed E-state index contributed by atoms with van der Waals surface area (Å²) >= 11 is 0. The third-order valence-electron chi connectivity index (χ3n) is 2.80. The summed E-state index contributed by atoms with van der Waals surface area (Å²) in [5, 5.41) is 0. The first kappa shape index (κ1) is 11.5. The van der Waals surface area contributed by atoms with Crippen molar-refractivity contribution in [2.45, 2.75) is 32.4 Å². The summed E-state index contributed by atoms with van der Waals surface area (Å²) in [4.78, 5) is 13.6. The second-order valence-electron chi connectivity index (χ2n) is 3.61. The lowest BCUT2D eigenvalue weighted by Gasteiger charge is -2.37. The van der Waals surface area contributed by atoms with E-state index in [1.54, 1.807) is 0 Å². The van der Waals surface area contributed by atoms with Crippen LogP contribution in [0.15, 0.2) is 0 Å². The molecule has 82 valence electrons. The van der Waals surface area contributed by atoms with Crippen molar-refractivity contribution in [1.29, 1.82) is 0 Å².